The van der Waals surface area contributed by atoms with Crippen molar-refractivity contribution in [3.05, 3.63) is 57.6 Å². The number of amides is 2. The number of nitro groups is 1. The van der Waals surface area contributed by atoms with Crippen molar-refractivity contribution >= 4 is 40.5 Å². The molecule has 0 bridgehead atoms. The van der Waals surface area contributed by atoms with Crippen molar-refractivity contribution < 1.29 is 19.2 Å². The van der Waals surface area contributed by atoms with E-state index in [0.29, 0.717) is 18.0 Å². The number of nitrogens with zero attached hydrogens (tertiary/aromatic N) is 2. The molecule has 2 rings (SSSR count). The number of nitrogens with one attached hydrogen (secondary N) is 2. The topological polar surface area (TPSA) is 114 Å². The molecule has 2 aromatic carbocycles. The number of carbonyl (C=O) groups excluding carboxylic acids is 2. The molecule has 0 radical (unpaired) electrons. The second kappa shape index (κ2) is 10.4. The Morgan fingerprint density at radius 3 is 2.41 bits per heavy atom. The van der Waals surface area contributed by atoms with Crippen molar-refractivity contribution in [2.45, 2.75) is 6.92 Å². The zero-order valence-corrected chi connectivity index (χ0v) is 16.7. The van der Waals surface area contributed by atoms with Gasteiger partial charge in [-0.05, 0) is 30.8 Å². The number of para-hydroxylation sites is 2. The number of likely N-dealkylation sites (N-methyl/N-ethyl adjacent to an activating group) is 1. The van der Waals surface area contributed by atoms with Gasteiger partial charge in [0.1, 0.15) is 10.8 Å². The lowest BCUT2D eigenvalue weighted by molar-refractivity contribution is -0.384. The number of nitro benzene ring substituents is 1. The summed E-state index contributed by atoms with van der Waals surface area (Å²) in [5.74, 6) is -0.175. The molecule has 2 aromatic rings. The van der Waals surface area contributed by atoms with Crippen LogP contribution in [0.4, 0.5) is 17.1 Å². The van der Waals surface area contributed by atoms with Crippen molar-refractivity contribution in [2.24, 2.45) is 0 Å². The van der Waals surface area contributed by atoms with E-state index >= 15 is 0 Å². The predicted molar refractivity (Wildman–Crippen MR) is 110 cm³/mol. The quantitative estimate of drug-likeness (QED) is 0.475. The number of hydrogen-bond donors (Lipinski definition) is 2. The lowest BCUT2D eigenvalue weighted by Crippen LogP contribution is -2.38. The Morgan fingerprint density at radius 2 is 1.79 bits per heavy atom. The maximum absolute atomic E-state index is 12.3. The number of halogens is 1. The fourth-order valence-electron chi connectivity index (χ4n) is 2.55. The van der Waals surface area contributed by atoms with Crippen LogP contribution in [0.3, 0.4) is 0 Å². The molecule has 10 heteroatoms. The molecule has 2 N–H and O–H groups in total. The van der Waals surface area contributed by atoms with Crippen LogP contribution < -0.4 is 15.4 Å². The van der Waals surface area contributed by atoms with Gasteiger partial charge in [-0.3, -0.25) is 24.6 Å². The first-order chi connectivity index (χ1) is 13.8. The third-order valence-electron chi connectivity index (χ3n) is 3.99. The summed E-state index contributed by atoms with van der Waals surface area (Å²) >= 11 is 5.76. The SMILES string of the molecule is CCN(CC(=O)Nc1ccc(Cl)c([N+](=O)[O-])c1)CC(=O)Nc1ccccc1OC. The molecule has 0 aromatic heterocycles. The standard InChI is InChI=1S/C19H21ClN4O5/c1-3-23(12-19(26)22-15-6-4-5-7-17(15)29-2)11-18(25)21-13-8-9-14(20)16(10-13)24(27)28/h4-10H,3,11-12H2,1-2H3,(H,21,25)(H,22,26). The van der Waals surface area contributed by atoms with Crippen LogP contribution >= 0.6 is 11.6 Å². The van der Waals surface area contributed by atoms with Crippen molar-refractivity contribution in [2.75, 3.05) is 37.4 Å². The van der Waals surface area contributed by atoms with E-state index in [1.807, 2.05) is 6.92 Å². The third-order valence-corrected chi connectivity index (χ3v) is 4.31. The van der Waals surface area contributed by atoms with Gasteiger partial charge in [0.25, 0.3) is 5.69 Å². The fraction of sp³-hybridized carbons (Fsp3) is 0.263. The maximum Gasteiger partial charge on any atom is 0.289 e. The lowest BCUT2D eigenvalue weighted by Gasteiger charge is -2.19. The molecule has 0 saturated heterocycles. The summed E-state index contributed by atoms with van der Waals surface area (Å²) in [6.07, 6.45) is 0. The van der Waals surface area contributed by atoms with Gasteiger partial charge in [0.15, 0.2) is 0 Å². The monoisotopic (exact) mass is 420 g/mol. The minimum Gasteiger partial charge on any atom is -0.495 e. The molecule has 29 heavy (non-hydrogen) atoms. The number of methoxy groups -OCH3 is 1. The Kier molecular flexibility index (Phi) is 7.93. The molecule has 0 aliphatic rings. The molecule has 0 aliphatic carbocycles. The molecular weight excluding hydrogens is 400 g/mol. The van der Waals surface area contributed by atoms with Crippen molar-refractivity contribution in [3.63, 3.8) is 0 Å². The van der Waals surface area contributed by atoms with Crippen LogP contribution in [0.2, 0.25) is 5.02 Å². The molecule has 2 amide bonds. The third kappa shape index (κ3) is 6.44. The van der Waals surface area contributed by atoms with E-state index in [-0.39, 0.29) is 35.4 Å². The normalized spacial score (nSPS) is 10.5. The Bertz CT molecular complexity index is 906. The first kappa shape index (κ1) is 22.1. The summed E-state index contributed by atoms with van der Waals surface area (Å²) in [7, 11) is 1.51. The zero-order valence-electron chi connectivity index (χ0n) is 16.0. The van der Waals surface area contributed by atoms with Gasteiger partial charge in [-0.2, -0.15) is 0 Å². The van der Waals surface area contributed by atoms with Gasteiger partial charge in [0, 0.05) is 11.8 Å². The molecule has 0 aliphatic heterocycles. The maximum atomic E-state index is 12.3. The highest BCUT2D eigenvalue weighted by atomic mass is 35.5. The summed E-state index contributed by atoms with van der Waals surface area (Å²) in [6, 6.07) is 11.0. The Hall–Kier alpha value is -3.17. The van der Waals surface area contributed by atoms with Crippen molar-refractivity contribution in [1.82, 2.24) is 4.90 Å². The fourth-order valence-corrected chi connectivity index (χ4v) is 2.74. The largest absolute Gasteiger partial charge is 0.495 e. The highest BCUT2D eigenvalue weighted by Crippen LogP contribution is 2.27. The number of ether oxygens (including phenoxy) is 1. The average molecular weight is 421 g/mol. The second-order valence-corrected chi connectivity index (χ2v) is 6.43. The first-order valence-electron chi connectivity index (χ1n) is 8.73. The number of hydrogen-bond acceptors (Lipinski definition) is 6. The molecule has 9 nitrogen and oxygen atoms in total. The van der Waals surface area contributed by atoms with E-state index in [2.05, 4.69) is 10.6 Å². The van der Waals surface area contributed by atoms with Gasteiger partial charge in [0.05, 0.1) is 30.8 Å². The molecule has 0 heterocycles. The Morgan fingerprint density at radius 1 is 1.14 bits per heavy atom. The van der Waals surface area contributed by atoms with E-state index in [1.165, 1.54) is 25.3 Å². The van der Waals surface area contributed by atoms with Gasteiger partial charge < -0.3 is 15.4 Å². The molecular formula is C19H21ClN4O5. The minimum atomic E-state index is -0.626. The van der Waals surface area contributed by atoms with Crippen LogP contribution in [0.25, 0.3) is 0 Å². The highest BCUT2D eigenvalue weighted by molar-refractivity contribution is 6.32. The predicted octanol–water partition coefficient (Wildman–Crippen LogP) is 3.16. The average Bonchev–Trinajstić information content (AvgIpc) is 2.69. The number of anilines is 2. The molecule has 0 fully saturated rings. The van der Waals surface area contributed by atoms with E-state index < -0.39 is 10.8 Å². The van der Waals surface area contributed by atoms with Crippen LogP contribution in [0, 0.1) is 10.1 Å². The van der Waals surface area contributed by atoms with Crippen LogP contribution in [0.15, 0.2) is 42.5 Å². The summed E-state index contributed by atoms with van der Waals surface area (Å²) < 4.78 is 5.19. The summed E-state index contributed by atoms with van der Waals surface area (Å²) in [4.78, 5) is 36.5. The van der Waals surface area contributed by atoms with Crippen LogP contribution in [-0.4, -0.2) is 48.4 Å². The first-order valence-corrected chi connectivity index (χ1v) is 9.10. The van der Waals surface area contributed by atoms with Gasteiger partial charge in [-0.1, -0.05) is 30.7 Å². The molecule has 0 unspecified atom stereocenters. The summed E-state index contributed by atoms with van der Waals surface area (Å²) in [5, 5.41) is 16.3. The van der Waals surface area contributed by atoms with E-state index in [9.17, 15) is 19.7 Å². The van der Waals surface area contributed by atoms with Crippen LogP contribution in [0.1, 0.15) is 6.92 Å². The van der Waals surface area contributed by atoms with E-state index in [0.717, 1.165) is 0 Å². The van der Waals surface area contributed by atoms with E-state index in [4.69, 9.17) is 16.3 Å². The van der Waals surface area contributed by atoms with Gasteiger partial charge in [-0.25, -0.2) is 0 Å². The smallest absolute Gasteiger partial charge is 0.289 e. The Labute approximate surface area is 172 Å². The lowest BCUT2D eigenvalue weighted by atomic mass is 10.2. The molecule has 154 valence electrons. The minimum absolute atomic E-state index is 0.0112. The molecule has 0 saturated carbocycles. The molecule has 0 atom stereocenters. The van der Waals surface area contributed by atoms with Gasteiger partial charge >= 0.3 is 0 Å². The van der Waals surface area contributed by atoms with Crippen molar-refractivity contribution in [1.29, 1.82) is 0 Å². The number of carbonyl (C=O) groups is 2. The van der Waals surface area contributed by atoms with Gasteiger partial charge in [0.2, 0.25) is 11.8 Å². The van der Waals surface area contributed by atoms with Gasteiger partial charge in [-0.15, -0.1) is 0 Å². The number of benzene rings is 2. The van der Waals surface area contributed by atoms with E-state index in [1.54, 1.807) is 29.2 Å². The van der Waals surface area contributed by atoms with Crippen molar-refractivity contribution in [3.8, 4) is 5.75 Å². The van der Waals surface area contributed by atoms with Crippen LogP contribution in [-0.2, 0) is 9.59 Å². The highest BCUT2D eigenvalue weighted by Gasteiger charge is 2.17. The summed E-state index contributed by atoms with van der Waals surface area (Å²) in [6.45, 7) is 2.19. The summed E-state index contributed by atoms with van der Waals surface area (Å²) in [5.41, 5.74) is 0.489. The Balaban J connectivity index is 1.95. The molecule has 0 spiro atoms. The second-order valence-electron chi connectivity index (χ2n) is 6.02. The number of rotatable bonds is 9. The van der Waals surface area contributed by atoms with Crippen LogP contribution in [0.5, 0.6) is 5.75 Å². The zero-order chi connectivity index (χ0) is 21.4.